The second-order valence-electron chi connectivity index (χ2n) is 4.99. The maximum absolute atomic E-state index is 12.3. The molecule has 0 spiro atoms. The van der Waals surface area contributed by atoms with Gasteiger partial charge in [-0.1, -0.05) is 42.1 Å². The predicted molar refractivity (Wildman–Crippen MR) is 95.5 cm³/mol. The molecule has 25 heavy (non-hydrogen) atoms. The molecule has 0 atom stereocenters. The maximum Gasteiger partial charge on any atom is 0.342 e. The van der Waals surface area contributed by atoms with Gasteiger partial charge in [-0.3, -0.25) is 4.79 Å². The number of carbonyl (C=O) groups excluding carboxylic acids is 2. The lowest BCUT2D eigenvalue weighted by Gasteiger charge is -2.12. The quantitative estimate of drug-likeness (QED) is 0.426. The Balaban J connectivity index is 2.41. The summed E-state index contributed by atoms with van der Waals surface area (Å²) in [5.74, 6) is -0.298. The van der Waals surface area contributed by atoms with Gasteiger partial charge in [0.25, 0.3) is 0 Å². The van der Waals surface area contributed by atoms with Gasteiger partial charge in [-0.2, -0.15) is 0 Å². The molecule has 1 heterocycles. The summed E-state index contributed by atoms with van der Waals surface area (Å²) in [6.07, 6.45) is 0. The molecule has 0 radical (unpaired) electrons. The van der Waals surface area contributed by atoms with E-state index < -0.39 is 5.97 Å². The molecule has 0 fully saturated rings. The summed E-state index contributed by atoms with van der Waals surface area (Å²) in [7, 11) is 0. The van der Waals surface area contributed by atoms with E-state index in [0.29, 0.717) is 23.2 Å². The molecule has 0 aliphatic carbocycles. The van der Waals surface area contributed by atoms with E-state index in [0.717, 1.165) is 17.3 Å². The lowest BCUT2D eigenvalue weighted by Crippen LogP contribution is -2.13. The first-order valence-corrected chi connectivity index (χ1v) is 8.95. The van der Waals surface area contributed by atoms with Gasteiger partial charge in [-0.15, -0.1) is 0 Å². The number of carbonyl (C=O) groups is 2. The van der Waals surface area contributed by atoms with Crippen LogP contribution in [0.25, 0.3) is 11.4 Å². The number of hydrogen-bond acceptors (Lipinski definition) is 7. The number of nitrogens with zero attached hydrogens (tertiary/aromatic N) is 2. The zero-order valence-electron chi connectivity index (χ0n) is 14.4. The third kappa shape index (κ3) is 5.03. The Morgan fingerprint density at radius 3 is 2.36 bits per heavy atom. The van der Waals surface area contributed by atoms with Crippen LogP contribution in [-0.4, -0.2) is 40.9 Å². The molecule has 0 bridgehead atoms. The lowest BCUT2D eigenvalue weighted by atomic mass is 10.2. The van der Waals surface area contributed by atoms with Gasteiger partial charge in [-0.05, 0) is 20.8 Å². The molecule has 0 saturated carbocycles. The van der Waals surface area contributed by atoms with Crippen LogP contribution in [0.15, 0.2) is 35.4 Å². The van der Waals surface area contributed by atoms with E-state index in [2.05, 4.69) is 9.97 Å². The predicted octanol–water partition coefficient (Wildman–Crippen LogP) is 3.28. The van der Waals surface area contributed by atoms with Crippen molar-refractivity contribution in [2.75, 3.05) is 19.0 Å². The fraction of sp³-hybridized carbons (Fsp3) is 0.333. The number of esters is 2. The van der Waals surface area contributed by atoms with Crippen molar-refractivity contribution in [2.45, 2.75) is 25.8 Å². The summed E-state index contributed by atoms with van der Waals surface area (Å²) >= 11 is 1.15. The van der Waals surface area contributed by atoms with Gasteiger partial charge in [0.2, 0.25) is 0 Å². The number of rotatable bonds is 7. The smallest absolute Gasteiger partial charge is 0.342 e. The molecule has 0 unspecified atom stereocenters. The van der Waals surface area contributed by atoms with E-state index in [4.69, 9.17) is 9.47 Å². The first-order valence-electron chi connectivity index (χ1n) is 7.96. The lowest BCUT2D eigenvalue weighted by molar-refractivity contribution is -0.139. The Morgan fingerprint density at radius 2 is 1.72 bits per heavy atom. The Hall–Kier alpha value is -2.41. The van der Waals surface area contributed by atoms with Gasteiger partial charge in [0.05, 0.1) is 24.7 Å². The number of hydrogen-bond donors (Lipinski definition) is 0. The van der Waals surface area contributed by atoms with E-state index >= 15 is 0 Å². The topological polar surface area (TPSA) is 78.4 Å². The van der Waals surface area contributed by atoms with Crippen LogP contribution in [-0.2, 0) is 14.3 Å². The zero-order chi connectivity index (χ0) is 18.2. The summed E-state index contributed by atoms with van der Waals surface area (Å²) in [6.45, 7) is 5.77. The van der Waals surface area contributed by atoms with Crippen molar-refractivity contribution in [3.8, 4) is 11.4 Å². The molecule has 7 heteroatoms. The minimum Gasteiger partial charge on any atom is -0.465 e. The van der Waals surface area contributed by atoms with Crippen LogP contribution < -0.4 is 0 Å². The van der Waals surface area contributed by atoms with Crippen molar-refractivity contribution in [1.82, 2.24) is 9.97 Å². The molecular formula is C18H20N2O4S. The third-order valence-electron chi connectivity index (χ3n) is 3.20. The van der Waals surface area contributed by atoms with Crippen LogP contribution in [0.4, 0.5) is 0 Å². The van der Waals surface area contributed by atoms with Gasteiger partial charge < -0.3 is 9.47 Å². The fourth-order valence-electron chi connectivity index (χ4n) is 2.14. The van der Waals surface area contributed by atoms with E-state index in [9.17, 15) is 9.59 Å². The van der Waals surface area contributed by atoms with Crippen molar-refractivity contribution in [1.29, 1.82) is 0 Å². The second-order valence-corrected chi connectivity index (χ2v) is 5.96. The molecule has 0 N–H and O–H groups in total. The van der Waals surface area contributed by atoms with Crippen LogP contribution in [0, 0.1) is 6.92 Å². The molecule has 0 saturated heterocycles. The second kappa shape index (κ2) is 9.17. The molecule has 1 aromatic heterocycles. The number of ether oxygens (including phenoxy) is 2. The average molecular weight is 360 g/mol. The van der Waals surface area contributed by atoms with Crippen molar-refractivity contribution < 1.29 is 19.1 Å². The minimum atomic E-state index is -0.494. The van der Waals surface area contributed by atoms with Crippen LogP contribution in [0.2, 0.25) is 0 Å². The van der Waals surface area contributed by atoms with Crippen LogP contribution >= 0.6 is 11.8 Å². The SMILES string of the molecule is CCOC(=O)CSc1nc(-c2ccccc2)nc(C)c1C(=O)OCC. The van der Waals surface area contributed by atoms with Gasteiger partial charge in [0, 0.05) is 5.56 Å². The molecule has 0 aliphatic rings. The largest absolute Gasteiger partial charge is 0.465 e. The summed E-state index contributed by atoms with van der Waals surface area (Å²) in [6, 6.07) is 9.45. The van der Waals surface area contributed by atoms with Gasteiger partial charge in [-0.25, -0.2) is 14.8 Å². The molecule has 6 nitrogen and oxygen atoms in total. The molecule has 0 amide bonds. The molecular weight excluding hydrogens is 340 g/mol. The highest BCUT2D eigenvalue weighted by Crippen LogP contribution is 2.27. The van der Waals surface area contributed by atoms with Crippen molar-refractivity contribution in [2.24, 2.45) is 0 Å². The zero-order valence-corrected chi connectivity index (χ0v) is 15.3. The molecule has 1 aromatic carbocycles. The maximum atomic E-state index is 12.3. The average Bonchev–Trinajstić information content (AvgIpc) is 2.60. The third-order valence-corrected chi connectivity index (χ3v) is 4.15. The first kappa shape index (κ1) is 18.9. The van der Waals surface area contributed by atoms with Gasteiger partial charge in [0.15, 0.2) is 5.82 Å². The first-order chi connectivity index (χ1) is 12.1. The summed E-state index contributed by atoms with van der Waals surface area (Å²) in [4.78, 5) is 32.8. The fourth-order valence-corrected chi connectivity index (χ4v) is 3.00. The Morgan fingerprint density at radius 1 is 1.04 bits per heavy atom. The number of aryl methyl sites for hydroxylation is 1. The normalized spacial score (nSPS) is 10.4. The molecule has 0 aliphatic heterocycles. The van der Waals surface area contributed by atoms with Crippen LogP contribution in [0.1, 0.15) is 29.9 Å². The molecule has 2 aromatic rings. The van der Waals surface area contributed by atoms with E-state index in [1.807, 2.05) is 30.3 Å². The highest BCUT2D eigenvalue weighted by atomic mass is 32.2. The molecule has 2 rings (SSSR count). The van der Waals surface area contributed by atoms with Crippen molar-refractivity contribution in [3.63, 3.8) is 0 Å². The van der Waals surface area contributed by atoms with Crippen LogP contribution in [0.3, 0.4) is 0 Å². The monoisotopic (exact) mass is 360 g/mol. The number of benzene rings is 1. The minimum absolute atomic E-state index is 0.0604. The Kier molecular flexibility index (Phi) is 6.94. The van der Waals surface area contributed by atoms with Crippen molar-refractivity contribution in [3.05, 3.63) is 41.6 Å². The van der Waals surface area contributed by atoms with Gasteiger partial charge in [0.1, 0.15) is 10.6 Å². The summed E-state index contributed by atoms with van der Waals surface area (Å²) in [5, 5.41) is 0.415. The summed E-state index contributed by atoms with van der Waals surface area (Å²) in [5.41, 5.74) is 1.63. The highest BCUT2D eigenvalue weighted by Gasteiger charge is 2.21. The summed E-state index contributed by atoms with van der Waals surface area (Å²) < 4.78 is 10.0. The van der Waals surface area contributed by atoms with E-state index in [1.54, 1.807) is 20.8 Å². The number of aromatic nitrogens is 2. The van der Waals surface area contributed by atoms with E-state index in [-0.39, 0.29) is 23.9 Å². The highest BCUT2D eigenvalue weighted by molar-refractivity contribution is 8.00. The van der Waals surface area contributed by atoms with Crippen LogP contribution in [0.5, 0.6) is 0 Å². The Bertz CT molecular complexity index is 750. The number of thioether (sulfide) groups is 1. The molecule has 132 valence electrons. The van der Waals surface area contributed by atoms with Crippen molar-refractivity contribution >= 4 is 23.7 Å². The Labute approximate surface area is 151 Å². The van der Waals surface area contributed by atoms with Gasteiger partial charge >= 0.3 is 11.9 Å². The standard InChI is InChI=1S/C18H20N2O4S/c1-4-23-14(21)11-25-17-15(18(22)24-5-2)12(3)19-16(20-17)13-9-7-6-8-10-13/h6-10H,4-5,11H2,1-3H3. The van der Waals surface area contributed by atoms with E-state index in [1.165, 1.54) is 0 Å².